The van der Waals surface area contributed by atoms with Crippen LogP contribution in [-0.2, 0) is 11.3 Å². The molecular formula is C19H25FN4OS. The van der Waals surface area contributed by atoms with Gasteiger partial charge in [0.05, 0.1) is 11.3 Å². The van der Waals surface area contributed by atoms with E-state index < -0.39 is 0 Å². The summed E-state index contributed by atoms with van der Waals surface area (Å²) in [5, 5.41) is 8.88. The van der Waals surface area contributed by atoms with Gasteiger partial charge in [0.15, 0.2) is 11.0 Å². The third kappa shape index (κ3) is 4.52. The molecule has 2 rings (SSSR count). The predicted molar refractivity (Wildman–Crippen MR) is 103 cm³/mol. The summed E-state index contributed by atoms with van der Waals surface area (Å²) in [5.74, 6) is 0.370. The fourth-order valence-electron chi connectivity index (χ4n) is 2.90. The first kappa shape index (κ1) is 20.2. The van der Waals surface area contributed by atoms with Gasteiger partial charge in [-0.05, 0) is 39.8 Å². The van der Waals surface area contributed by atoms with Crippen LogP contribution >= 0.6 is 11.8 Å². The molecule has 26 heavy (non-hydrogen) atoms. The summed E-state index contributed by atoms with van der Waals surface area (Å²) in [4.78, 5) is 14.4. The van der Waals surface area contributed by atoms with Crippen LogP contribution in [0.5, 0.6) is 0 Å². The Hall–Kier alpha value is -2.15. The summed E-state index contributed by atoms with van der Waals surface area (Å²) < 4.78 is 15.9. The average Bonchev–Trinajstić information content (AvgIpc) is 2.96. The second-order valence-corrected chi connectivity index (χ2v) is 7.40. The van der Waals surface area contributed by atoms with E-state index in [-0.39, 0.29) is 29.6 Å². The topological polar surface area (TPSA) is 51.0 Å². The number of carbonyl (C=O) groups excluding carboxylic acids is 1. The Morgan fingerprint density at radius 3 is 2.50 bits per heavy atom. The van der Waals surface area contributed by atoms with Gasteiger partial charge in [0.25, 0.3) is 0 Å². The van der Waals surface area contributed by atoms with Gasteiger partial charge in [0.2, 0.25) is 5.91 Å². The van der Waals surface area contributed by atoms with Gasteiger partial charge in [-0.25, -0.2) is 4.39 Å². The third-order valence-corrected chi connectivity index (χ3v) is 4.82. The van der Waals surface area contributed by atoms with E-state index in [0.717, 1.165) is 0 Å². The quantitative estimate of drug-likeness (QED) is 0.516. The second-order valence-electron chi connectivity index (χ2n) is 6.46. The minimum Gasteiger partial charge on any atom is -0.337 e. The highest BCUT2D eigenvalue weighted by molar-refractivity contribution is 7.99. The summed E-state index contributed by atoms with van der Waals surface area (Å²) >= 11 is 1.31. The van der Waals surface area contributed by atoms with Gasteiger partial charge in [0.1, 0.15) is 5.82 Å². The molecule has 5 nitrogen and oxygen atoms in total. The van der Waals surface area contributed by atoms with Crippen molar-refractivity contribution < 1.29 is 9.18 Å². The van der Waals surface area contributed by atoms with Gasteiger partial charge in [-0.3, -0.25) is 9.36 Å². The molecule has 0 radical (unpaired) electrons. The molecule has 0 N–H and O–H groups in total. The van der Waals surface area contributed by atoms with E-state index in [0.29, 0.717) is 23.1 Å². The lowest BCUT2D eigenvalue weighted by Crippen LogP contribution is -2.43. The van der Waals surface area contributed by atoms with Gasteiger partial charge >= 0.3 is 0 Å². The Labute approximate surface area is 158 Å². The zero-order valence-corrected chi connectivity index (χ0v) is 16.5. The van der Waals surface area contributed by atoms with Crippen LogP contribution in [0.2, 0.25) is 0 Å². The van der Waals surface area contributed by atoms with Crippen molar-refractivity contribution in [2.24, 2.45) is 0 Å². The van der Waals surface area contributed by atoms with Gasteiger partial charge in [-0.15, -0.1) is 16.8 Å². The van der Waals surface area contributed by atoms with E-state index in [2.05, 4.69) is 16.8 Å². The lowest BCUT2D eigenvalue weighted by atomic mass is 10.2. The van der Waals surface area contributed by atoms with Crippen LogP contribution < -0.4 is 0 Å². The number of nitrogens with zero attached hydrogens (tertiary/aromatic N) is 4. The summed E-state index contributed by atoms with van der Waals surface area (Å²) in [6, 6.07) is 6.70. The second kappa shape index (κ2) is 8.98. The number of halogens is 1. The maximum absolute atomic E-state index is 14.1. The summed E-state index contributed by atoms with van der Waals surface area (Å²) in [7, 11) is 0. The highest BCUT2D eigenvalue weighted by Gasteiger charge is 2.22. The van der Waals surface area contributed by atoms with Crippen molar-refractivity contribution >= 4 is 17.7 Å². The predicted octanol–water partition coefficient (Wildman–Crippen LogP) is 4.01. The summed E-state index contributed by atoms with van der Waals surface area (Å²) in [6.07, 6.45) is 1.70. The largest absolute Gasteiger partial charge is 0.337 e. The Morgan fingerprint density at radius 2 is 1.92 bits per heavy atom. The molecule has 140 valence electrons. The first-order valence-electron chi connectivity index (χ1n) is 8.59. The molecule has 0 saturated heterocycles. The Kier molecular flexibility index (Phi) is 6.97. The van der Waals surface area contributed by atoms with Gasteiger partial charge < -0.3 is 4.90 Å². The fraction of sp³-hybridized carbons (Fsp3) is 0.421. The number of hydrogen-bond acceptors (Lipinski definition) is 4. The SMILES string of the molecule is C=CCn1c(SCC(=O)N(C(C)C)C(C)C)nnc1-c1ccccc1F. The molecule has 1 aromatic heterocycles. The smallest absolute Gasteiger partial charge is 0.233 e. The van der Waals surface area contributed by atoms with Crippen LogP contribution in [-0.4, -0.2) is 43.4 Å². The van der Waals surface area contributed by atoms with Crippen molar-refractivity contribution in [2.45, 2.75) is 51.5 Å². The minimum absolute atomic E-state index is 0.0422. The number of rotatable bonds is 8. The molecule has 0 aliphatic heterocycles. The molecule has 1 aromatic carbocycles. The molecule has 0 aliphatic rings. The molecule has 7 heteroatoms. The van der Waals surface area contributed by atoms with Crippen LogP contribution in [0.15, 0.2) is 42.1 Å². The van der Waals surface area contributed by atoms with Crippen LogP contribution in [0.1, 0.15) is 27.7 Å². The summed E-state index contributed by atoms with van der Waals surface area (Å²) in [5.41, 5.74) is 0.381. The zero-order valence-electron chi connectivity index (χ0n) is 15.6. The standard InChI is InChI=1S/C19H25FN4OS/c1-6-11-23-18(15-9-7-8-10-16(15)20)21-22-19(23)26-12-17(25)24(13(2)3)14(4)5/h6-10,13-14H,1,11-12H2,2-5H3. The van der Waals surface area contributed by atoms with Gasteiger partial charge in [0, 0.05) is 18.6 Å². The number of thioether (sulfide) groups is 1. The molecule has 0 saturated carbocycles. The van der Waals surface area contributed by atoms with Crippen molar-refractivity contribution in [1.82, 2.24) is 19.7 Å². The normalized spacial score (nSPS) is 11.2. The number of hydrogen-bond donors (Lipinski definition) is 0. The molecule has 0 bridgehead atoms. The number of aromatic nitrogens is 3. The number of allylic oxidation sites excluding steroid dienone is 1. The molecule has 1 amide bonds. The van der Waals surface area contributed by atoms with Crippen molar-refractivity contribution in [3.05, 3.63) is 42.7 Å². The third-order valence-electron chi connectivity index (χ3n) is 3.87. The van der Waals surface area contributed by atoms with Crippen molar-refractivity contribution in [1.29, 1.82) is 0 Å². The Morgan fingerprint density at radius 1 is 1.27 bits per heavy atom. The average molecular weight is 377 g/mol. The Bertz CT molecular complexity index is 765. The minimum atomic E-state index is -0.358. The first-order chi connectivity index (χ1) is 12.4. The summed E-state index contributed by atoms with van der Waals surface area (Å²) in [6.45, 7) is 12.2. The van der Waals surface area contributed by atoms with Crippen molar-refractivity contribution in [3.8, 4) is 11.4 Å². The molecule has 0 aliphatic carbocycles. The molecule has 0 fully saturated rings. The molecule has 2 aromatic rings. The maximum Gasteiger partial charge on any atom is 0.233 e. The first-order valence-corrected chi connectivity index (χ1v) is 9.58. The van der Waals surface area contributed by atoms with Gasteiger partial charge in [-0.2, -0.15) is 0 Å². The molecule has 0 spiro atoms. The molecule has 0 unspecified atom stereocenters. The number of carbonyl (C=O) groups is 1. The number of amides is 1. The van der Waals surface area contributed by atoms with E-state index >= 15 is 0 Å². The highest BCUT2D eigenvalue weighted by Crippen LogP contribution is 2.26. The van der Waals surface area contributed by atoms with Crippen LogP contribution in [0, 0.1) is 5.82 Å². The molecular weight excluding hydrogens is 351 g/mol. The van der Waals surface area contributed by atoms with E-state index in [4.69, 9.17) is 0 Å². The Balaban J connectivity index is 2.24. The van der Waals surface area contributed by atoms with Crippen LogP contribution in [0.25, 0.3) is 11.4 Å². The van der Waals surface area contributed by atoms with E-state index in [1.165, 1.54) is 17.8 Å². The van der Waals surface area contributed by atoms with E-state index in [9.17, 15) is 9.18 Å². The van der Waals surface area contributed by atoms with Crippen molar-refractivity contribution in [3.63, 3.8) is 0 Å². The van der Waals surface area contributed by atoms with Crippen molar-refractivity contribution in [2.75, 3.05) is 5.75 Å². The van der Waals surface area contributed by atoms with E-state index in [1.807, 2.05) is 32.6 Å². The van der Waals surface area contributed by atoms with Crippen LogP contribution in [0.3, 0.4) is 0 Å². The molecule has 0 atom stereocenters. The lowest BCUT2D eigenvalue weighted by Gasteiger charge is -2.30. The molecule has 1 heterocycles. The van der Waals surface area contributed by atoms with E-state index in [1.54, 1.807) is 28.8 Å². The fourth-order valence-corrected chi connectivity index (χ4v) is 3.72. The zero-order chi connectivity index (χ0) is 19.3. The van der Waals surface area contributed by atoms with Gasteiger partial charge in [-0.1, -0.05) is 30.0 Å². The highest BCUT2D eigenvalue weighted by atomic mass is 32.2. The monoisotopic (exact) mass is 376 g/mol. The maximum atomic E-state index is 14.1. The number of benzene rings is 1. The van der Waals surface area contributed by atoms with Crippen LogP contribution in [0.4, 0.5) is 4.39 Å². The lowest BCUT2D eigenvalue weighted by molar-refractivity contribution is -0.131.